The van der Waals surface area contributed by atoms with Crippen LogP contribution in [0.5, 0.6) is 0 Å². The fourth-order valence-electron chi connectivity index (χ4n) is 2.48. The number of carboxylic acid groups (broad SMARTS) is 1. The number of nitrogens with one attached hydrogen (secondary N) is 3. The summed E-state index contributed by atoms with van der Waals surface area (Å²) in [6.07, 6.45) is 3.62. The minimum Gasteiger partial charge on any atom is -0.480 e. The molecule has 1 heterocycles. The SMILES string of the molecule is CC(C)C[C@H](NC(=O)[C@@H](NC(=O)[C@@H](N)Cc1cnc[nH]1)C(C)C)C(=O)O. The molecule has 0 fully saturated rings. The van der Waals surface area contributed by atoms with E-state index in [9.17, 15) is 19.5 Å². The highest BCUT2D eigenvalue weighted by atomic mass is 16.4. The number of carbonyl (C=O) groups is 3. The number of rotatable bonds is 10. The molecule has 26 heavy (non-hydrogen) atoms. The van der Waals surface area contributed by atoms with E-state index >= 15 is 0 Å². The summed E-state index contributed by atoms with van der Waals surface area (Å²) in [5.41, 5.74) is 6.60. The number of aromatic nitrogens is 2. The topological polar surface area (TPSA) is 150 Å². The van der Waals surface area contributed by atoms with Gasteiger partial charge in [-0.25, -0.2) is 9.78 Å². The molecule has 0 bridgehead atoms. The van der Waals surface area contributed by atoms with Gasteiger partial charge in [-0.15, -0.1) is 0 Å². The summed E-state index contributed by atoms with van der Waals surface area (Å²) in [6.45, 7) is 7.28. The Kier molecular flexibility index (Phi) is 8.24. The van der Waals surface area contributed by atoms with Gasteiger partial charge in [-0.3, -0.25) is 9.59 Å². The molecule has 0 radical (unpaired) electrons. The third-order valence-electron chi connectivity index (χ3n) is 3.90. The minimum atomic E-state index is -1.10. The van der Waals surface area contributed by atoms with Crippen LogP contribution < -0.4 is 16.4 Å². The van der Waals surface area contributed by atoms with Gasteiger partial charge in [0.05, 0.1) is 12.4 Å². The second-order valence-electron chi connectivity index (χ2n) is 7.15. The molecular weight excluding hydrogens is 338 g/mol. The monoisotopic (exact) mass is 367 g/mol. The summed E-state index contributed by atoms with van der Waals surface area (Å²) < 4.78 is 0. The minimum absolute atomic E-state index is 0.103. The molecule has 0 saturated carbocycles. The van der Waals surface area contributed by atoms with Crippen LogP contribution in [-0.2, 0) is 20.8 Å². The molecule has 9 heteroatoms. The molecule has 9 nitrogen and oxygen atoms in total. The van der Waals surface area contributed by atoms with Crippen molar-refractivity contribution in [3.05, 3.63) is 18.2 Å². The lowest BCUT2D eigenvalue weighted by molar-refractivity contribution is -0.143. The first kappa shape index (κ1) is 21.6. The number of nitrogens with zero attached hydrogens (tertiary/aromatic N) is 1. The van der Waals surface area contributed by atoms with Crippen molar-refractivity contribution >= 4 is 17.8 Å². The lowest BCUT2D eigenvalue weighted by Gasteiger charge is -2.25. The van der Waals surface area contributed by atoms with Crippen molar-refractivity contribution < 1.29 is 19.5 Å². The molecule has 1 aromatic rings. The molecular formula is C17H29N5O4. The molecule has 146 valence electrons. The summed E-state index contributed by atoms with van der Waals surface area (Å²) in [5, 5.41) is 14.4. The first-order chi connectivity index (χ1) is 12.1. The second kappa shape index (κ2) is 9.91. The number of aromatic amines is 1. The van der Waals surface area contributed by atoms with Gasteiger partial charge in [0, 0.05) is 18.3 Å². The molecule has 1 aromatic heterocycles. The smallest absolute Gasteiger partial charge is 0.326 e. The van der Waals surface area contributed by atoms with Gasteiger partial charge >= 0.3 is 5.97 Å². The van der Waals surface area contributed by atoms with E-state index in [1.165, 1.54) is 6.33 Å². The zero-order chi connectivity index (χ0) is 19.9. The number of aliphatic carboxylic acids is 1. The van der Waals surface area contributed by atoms with Crippen LogP contribution in [0.15, 0.2) is 12.5 Å². The van der Waals surface area contributed by atoms with Crippen molar-refractivity contribution in [1.82, 2.24) is 20.6 Å². The predicted molar refractivity (Wildman–Crippen MR) is 96.1 cm³/mol. The van der Waals surface area contributed by atoms with Crippen molar-refractivity contribution in [2.24, 2.45) is 17.6 Å². The van der Waals surface area contributed by atoms with Gasteiger partial charge in [-0.2, -0.15) is 0 Å². The highest BCUT2D eigenvalue weighted by molar-refractivity contribution is 5.92. The van der Waals surface area contributed by atoms with Crippen LogP contribution >= 0.6 is 0 Å². The Labute approximate surface area is 153 Å². The van der Waals surface area contributed by atoms with Gasteiger partial charge in [0.25, 0.3) is 0 Å². The van der Waals surface area contributed by atoms with Crippen LogP contribution in [0.25, 0.3) is 0 Å². The number of H-pyrrole nitrogens is 1. The Balaban J connectivity index is 2.72. The lowest BCUT2D eigenvalue weighted by Crippen LogP contribution is -2.56. The standard InChI is InChI=1S/C17H29N5O4/c1-9(2)5-13(17(25)26)21-16(24)14(10(3)4)22-15(23)12(18)6-11-7-19-8-20-11/h7-10,12-14H,5-6,18H2,1-4H3,(H,19,20)(H,21,24)(H,22,23)(H,25,26)/t12-,13-,14-/m0/s1. The average Bonchev–Trinajstić information content (AvgIpc) is 3.03. The zero-order valence-corrected chi connectivity index (χ0v) is 15.7. The molecule has 2 amide bonds. The van der Waals surface area contributed by atoms with Crippen LogP contribution in [0.1, 0.15) is 39.8 Å². The van der Waals surface area contributed by atoms with Gasteiger partial charge < -0.3 is 26.5 Å². The highest BCUT2D eigenvalue weighted by Crippen LogP contribution is 2.08. The Morgan fingerprint density at radius 3 is 2.31 bits per heavy atom. The van der Waals surface area contributed by atoms with Crippen LogP contribution in [0, 0.1) is 11.8 Å². The van der Waals surface area contributed by atoms with Gasteiger partial charge in [0.2, 0.25) is 11.8 Å². The summed E-state index contributed by atoms with van der Waals surface area (Å²) in [4.78, 5) is 42.9. The molecule has 1 rings (SSSR count). The fraction of sp³-hybridized carbons (Fsp3) is 0.647. The van der Waals surface area contributed by atoms with Gasteiger partial charge in [-0.1, -0.05) is 27.7 Å². The molecule has 0 aliphatic heterocycles. The third kappa shape index (κ3) is 6.83. The summed E-state index contributed by atoms with van der Waals surface area (Å²) >= 11 is 0. The first-order valence-electron chi connectivity index (χ1n) is 8.68. The molecule has 0 saturated heterocycles. The largest absolute Gasteiger partial charge is 0.480 e. The van der Waals surface area contributed by atoms with E-state index in [4.69, 9.17) is 5.73 Å². The summed E-state index contributed by atoms with van der Waals surface area (Å²) in [6, 6.07) is -2.72. The van der Waals surface area contributed by atoms with E-state index in [0.717, 1.165) is 0 Å². The maximum absolute atomic E-state index is 12.5. The number of hydrogen-bond donors (Lipinski definition) is 5. The molecule has 0 aliphatic rings. The van der Waals surface area contributed by atoms with Gasteiger partial charge in [0.1, 0.15) is 12.1 Å². The number of carboxylic acids is 1. The van der Waals surface area contributed by atoms with Crippen molar-refractivity contribution in [3.8, 4) is 0 Å². The number of imidazole rings is 1. The highest BCUT2D eigenvalue weighted by Gasteiger charge is 2.30. The number of carbonyl (C=O) groups excluding carboxylic acids is 2. The van der Waals surface area contributed by atoms with E-state index in [1.54, 1.807) is 20.0 Å². The van der Waals surface area contributed by atoms with Gasteiger partial charge in [-0.05, 0) is 18.3 Å². The Morgan fingerprint density at radius 2 is 1.85 bits per heavy atom. The van der Waals surface area contributed by atoms with E-state index in [1.807, 2.05) is 13.8 Å². The number of hydrogen-bond acceptors (Lipinski definition) is 5. The summed E-state index contributed by atoms with van der Waals surface area (Å²) in [5.74, 6) is -2.24. The molecule has 0 unspecified atom stereocenters. The Hall–Kier alpha value is -2.42. The normalized spacial score (nSPS) is 14.7. The van der Waals surface area contributed by atoms with Crippen molar-refractivity contribution in [1.29, 1.82) is 0 Å². The Bertz CT molecular complexity index is 600. The predicted octanol–water partition coefficient (Wildman–Crippen LogP) is 0.0358. The van der Waals surface area contributed by atoms with E-state index in [2.05, 4.69) is 20.6 Å². The van der Waals surface area contributed by atoms with E-state index < -0.39 is 35.9 Å². The molecule has 0 aromatic carbocycles. The molecule has 3 atom stereocenters. The van der Waals surface area contributed by atoms with Crippen molar-refractivity contribution in [2.45, 2.75) is 58.7 Å². The zero-order valence-electron chi connectivity index (χ0n) is 15.7. The number of nitrogens with two attached hydrogens (primary N) is 1. The molecule has 0 aliphatic carbocycles. The van der Waals surface area contributed by atoms with Crippen LogP contribution in [0.4, 0.5) is 0 Å². The fourth-order valence-corrected chi connectivity index (χ4v) is 2.48. The van der Waals surface area contributed by atoms with Crippen LogP contribution in [-0.4, -0.2) is 51.0 Å². The van der Waals surface area contributed by atoms with E-state index in [0.29, 0.717) is 12.1 Å². The van der Waals surface area contributed by atoms with Crippen molar-refractivity contribution in [3.63, 3.8) is 0 Å². The summed E-state index contributed by atoms with van der Waals surface area (Å²) in [7, 11) is 0. The first-order valence-corrected chi connectivity index (χ1v) is 8.68. The quantitative estimate of drug-likeness (QED) is 0.394. The Morgan fingerprint density at radius 1 is 1.19 bits per heavy atom. The maximum atomic E-state index is 12.5. The molecule has 0 spiro atoms. The van der Waals surface area contributed by atoms with Crippen LogP contribution in [0.3, 0.4) is 0 Å². The van der Waals surface area contributed by atoms with Gasteiger partial charge in [0.15, 0.2) is 0 Å². The lowest BCUT2D eigenvalue weighted by atomic mass is 10.00. The van der Waals surface area contributed by atoms with Crippen LogP contribution in [0.2, 0.25) is 0 Å². The third-order valence-corrected chi connectivity index (χ3v) is 3.90. The van der Waals surface area contributed by atoms with Crippen molar-refractivity contribution in [2.75, 3.05) is 0 Å². The maximum Gasteiger partial charge on any atom is 0.326 e. The average molecular weight is 367 g/mol. The second-order valence-corrected chi connectivity index (χ2v) is 7.15. The number of amides is 2. The van der Waals surface area contributed by atoms with E-state index in [-0.39, 0.29) is 18.3 Å². The molecule has 6 N–H and O–H groups in total.